The van der Waals surface area contributed by atoms with Crippen LogP contribution in [0, 0.1) is 0 Å². The van der Waals surface area contributed by atoms with E-state index in [2.05, 4.69) is 65.2 Å². The second kappa shape index (κ2) is 7.55. The van der Waals surface area contributed by atoms with Gasteiger partial charge in [-0.3, -0.25) is 0 Å². The van der Waals surface area contributed by atoms with Crippen LogP contribution in [-0.4, -0.2) is 47.7 Å². The number of hydrogen-bond acceptors (Lipinski definition) is 4. The minimum atomic E-state index is -0.119. The monoisotopic (exact) mass is 404 g/mol. The highest BCUT2D eigenvalue weighted by Crippen LogP contribution is 2.42. The lowest BCUT2D eigenvalue weighted by molar-refractivity contribution is -0.00682. The fourth-order valence-corrected chi connectivity index (χ4v) is 5.07. The van der Waals surface area contributed by atoms with Gasteiger partial charge in [0.15, 0.2) is 0 Å². The van der Waals surface area contributed by atoms with Gasteiger partial charge in [-0.05, 0) is 44.0 Å². The number of H-pyrrole nitrogens is 1. The molecule has 5 heteroatoms. The van der Waals surface area contributed by atoms with Crippen LogP contribution in [0.25, 0.3) is 10.9 Å². The Hall–Kier alpha value is -2.66. The SMILES string of the molecule is CC(C)N1CCC2(CC1)CN(CCc1c[nH]c3ccccc13)c1ccc(N)cc1O2. The molecular formula is C25H32N4O. The number of nitrogens with two attached hydrogens (primary N) is 1. The standard InChI is InChI=1S/C25H32N4O/c1-18(2)28-13-10-25(11-14-28)17-29(23-8-7-20(26)15-24(23)30-25)12-9-19-16-27-22-6-4-3-5-21(19)22/h3-8,15-16,18,27H,9-14,17,26H2,1-2H3. The predicted octanol–water partition coefficient (Wildman–Crippen LogP) is 4.43. The highest BCUT2D eigenvalue weighted by molar-refractivity contribution is 5.83. The van der Waals surface area contributed by atoms with Crippen molar-refractivity contribution in [3.63, 3.8) is 0 Å². The van der Waals surface area contributed by atoms with E-state index in [0.717, 1.165) is 56.9 Å². The summed E-state index contributed by atoms with van der Waals surface area (Å²) >= 11 is 0. The first kappa shape index (κ1) is 19.3. The Bertz CT molecular complexity index is 1030. The molecule has 2 aliphatic heterocycles. The van der Waals surface area contributed by atoms with Gasteiger partial charge in [0.1, 0.15) is 11.4 Å². The van der Waals surface area contributed by atoms with Crippen LogP contribution in [-0.2, 0) is 6.42 Å². The summed E-state index contributed by atoms with van der Waals surface area (Å²) in [7, 11) is 0. The maximum absolute atomic E-state index is 6.65. The van der Waals surface area contributed by atoms with Crippen molar-refractivity contribution in [3.05, 3.63) is 54.2 Å². The molecule has 0 saturated carbocycles. The van der Waals surface area contributed by atoms with Crippen molar-refractivity contribution in [2.45, 2.75) is 44.8 Å². The molecule has 0 bridgehead atoms. The molecule has 0 atom stereocenters. The number of likely N-dealkylation sites (tertiary alicyclic amines) is 1. The summed E-state index contributed by atoms with van der Waals surface area (Å²) in [4.78, 5) is 8.48. The van der Waals surface area contributed by atoms with Gasteiger partial charge in [-0.25, -0.2) is 0 Å². The van der Waals surface area contributed by atoms with Crippen LogP contribution in [0.2, 0.25) is 0 Å². The van der Waals surface area contributed by atoms with Crippen molar-refractivity contribution in [2.75, 3.05) is 36.8 Å². The number of para-hydroxylation sites is 1. The molecule has 30 heavy (non-hydrogen) atoms. The molecule has 2 aromatic carbocycles. The summed E-state index contributed by atoms with van der Waals surface area (Å²) in [5.41, 5.74) is 10.5. The number of aromatic nitrogens is 1. The van der Waals surface area contributed by atoms with E-state index in [-0.39, 0.29) is 5.60 Å². The average Bonchev–Trinajstić information content (AvgIpc) is 3.15. The zero-order chi connectivity index (χ0) is 20.7. The number of benzene rings is 2. The van der Waals surface area contributed by atoms with Crippen molar-refractivity contribution in [2.24, 2.45) is 0 Å². The summed E-state index contributed by atoms with van der Waals surface area (Å²) in [6.45, 7) is 8.65. The molecule has 3 aromatic rings. The van der Waals surface area contributed by atoms with Crippen LogP contribution in [0.3, 0.4) is 0 Å². The van der Waals surface area contributed by atoms with Crippen LogP contribution in [0.5, 0.6) is 5.75 Å². The zero-order valence-corrected chi connectivity index (χ0v) is 18.0. The molecule has 3 N–H and O–H groups in total. The molecule has 0 aliphatic carbocycles. The van der Waals surface area contributed by atoms with E-state index in [1.807, 2.05) is 12.1 Å². The largest absolute Gasteiger partial charge is 0.483 e. The van der Waals surface area contributed by atoms with Crippen LogP contribution in [0.1, 0.15) is 32.3 Å². The van der Waals surface area contributed by atoms with Gasteiger partial charge in [0, 0.05) is 67.4 Å². The van der Waals surface area contributed by atoms with Crippen LogP contribution in [0.15, 0.2) is 48.7 Å². The fraction of sp³-hybridized carbons (Fsp3) is 0.440. The van der Waals surface area contributed by atoms with E-state index in [1.54, 1.807) is 0 Å². The van der Waals surface area contributed by atoms with Gasteiger partial charge in [0.05, 0.1) is 12.2 Å². The second-order valence-corrected chi connectivity index (χ2v) is 9.17. The van der Waals surface area contributed by atoms with E-state index in [9.17, 15) is 0 Å². The minimum absolute atomic E-state index is 0.119. The van der Waals surface area contributed by atoms with Crippen molar-refractivity contribution >= 4 is 22.3 Å². The maximum Gasteiger partial charge on any atom is 0.145 e. The number of nitrogens with one attached hydrogen (secondary N) is 1. The summed E-state index contributed by atoms with van der Waals surface area (Å²) < 4.78 is 6.65. The van der Waals surface area contributed by atoms with E-state index >= 15 is 0 Å². The van der Waals surface area contributed by atoms with Gasteiger partial charge < -0.3 is 25.3 Å². The van der Waals surface area contributed by atoms with Crippen molar-refractivity contribution in [1.82, 2.24) is 9.88 Å². The minimum Gasteiger partial charge on any atom is -0.483 e. The van der Waals surface area contributed by atoms with Gasteiger partial charge in [-0.2, -0.15) is 0 Å². The molecule has 0 unspecified atom stereocenters. The molecule has 0 amide bonds. The highest BCUT2D eigenvalue weighted by atomic mass is 16.5. The zero-order valence-electron chi connectivity index (χ0n) is 18.0. The average molecular weight is 405 g/mol. The van der Waals surface area contributed by atoms with E-state index in [1.165, 1.54) is 22.2 Å². The molecular weight excluding hydrogens is 372 g/mol. The smallest absolute Gasteiger partial charge is 0.145 e. The quantitative estimate of drug-likeness (QED) is 0.632. The molecule has 5 nitrogen and oxygen atoms in total. The summed E-state index contributed by atoms with van der Waals surface area (Å²) in [5.74, 6) is 0.943. The maximum atomic E-state index is 6.65. The number of anilines is 2. The molecule has 1 aromatic heterocycles. The molecule has 1 spiro atoms. The molecule has 5 rings (SSSR count). The number of fused-ring (bicyclic) bond motifs is 2. The van der Waals surface area contributed by atoms with Gasteiger partial charge in [-0.1, -0.05) is 18.2 Å². The topological polar surface area (TPSA) is 57.5 Å². The van der Waals surface area contributed by atoms with Crippen LogP contribution >= 0.6 is 0 Å². The second-order valence-electron chi connectivity index (χ2n) is 9.17. The van der Waals surface area contributed by atoms with E-state index < -0.39 is 0 Å². The van der Waals surface area contributed by atoms with Gasteiger partial charge in [0.2, 0.25) is 0 Å². The number of nitrogens with zero attached hydrogens (tertiary/aromatic N) is 2. The van der Waals surface area contributed by atoms with Crippen molar-refractivity contribution in [3.8, 4) is 5.75 Å². The van der Waals surface area contributed by atoms with Gasteiger partial charge in [-0.15, -0.1) is 0 Å². The van der Waals surface area contributed by atoms with E-state index in [0.29, 0.717) is 6.04 Å². The van der Waals surface area contributed by atoms with Gasteiger partial charge >= 0.3 is 0 Å². The molecule has 2 aliphatic rings. The fourth-order valence-electron chi connectivity index (χ4n) is 5.07. The number of piperidine rings is 1. The lowest BCUT2D eigenvalue weighted by Gasteiger charge is -2.49. The summed E-state index contributed by atoms with van der Waals surface area (Å²) in [6.07, 6.45) is 5.28. The number of aromatic amines is 1. The Kier molecular flexibility index (Phi) is 4.86. The Labute approximate surface area is 178 Å². The number of ether oxygens (including phenoxy) is 1. The first-order valence-electron chi connectivity index (χ1n) is 11.2. The third-order valence-electron chi connectivity index (χ3n) is 6.90. The van der Waals surface area contributed by atoms with Gasteiger partial charge in [0.25, 0.3) is 0 Å². The van der Waals surface area contributed by atoms with Crippen molar-refractivity contribution < 1.29 is 4.74 Å². The Balaban J connectivity index is 1.39. The normalized spacial score (nSPS) is 18.7. The Morgan fingerprint density at radius 3 is 2.73 bits per heavy atom. The summed E-state index contributed by atoms with van der Waals surface area (Å²) in [5, 5.41) is 1.32. The van der Waals surface area contributed by atoms with E-state index in [4.69, 9.17) is 10.5 Å². The third-order valence-corrected chi connectivity index (χ3v) is 6.90. The first-order chi connectivity index (χ1) is 14.5. The summed E-state index contributed by atoms with van der Waals surface area (Å²) in [6, 6.07) is 15.2. The molecule has 1 saturated heterocycles. The molecule has 1 fully saturated rings. The number of hydrogen-bond donors (Lipinski definition) is 2. The molecule has 3 heterocycles. The number of nitrogen functional groups attached to an aromatic ring is 1. The van der Waals surface area contributed by atoms with Crippen LogP contribution < -0.4 is 15.4 Å². The predicted molar refractivity (Wildman–Crippen MR) is 124 cm³/mol. The third kappa shape index (κ3) is 3.52. The van der Waals surface area contributed by atoms with Crippen LogP contribution in [0.4, 0.5) is 11.4 Å². The Morgan fingerprint density at radius 1 is 1.13 bits per heavy atom. The number of rotatable bonds is 4. The first-order valence-corrected chi connectivity index (χ1v) is 11.2. The molecule has 0 radical (unpaired) electrons. The Morgan fingerprint density at radius 2 is 1.93 bits per heavy atom. The lowest BCUT2D eigenvalue weighted by atomic mass is 9.88. The lowest BCUT2D eigenvalue weighted by Crippen LogP contribution is -2.57. The van der Waals surface area contributed by atoms with Crippen molar-refractivity contribution in [1.29, 1.82) is 0 Å². The molecule has 158 valence electrons. The highest BCUT2D eigenvalue weighted by Gasteiger charge is 2.42.